The van der Waals surface area contributed by atoms with Gasteiger partial charge in [0.2, 0.25) is 0 Å². The molecule has 0 bridgehead atoms. The van der Waals surface area contributed by atoms with Crippen molar-refractivity contribution in [3.8, 4) is 5.75 Å². The van der Waals surface area contributed by atoms with Crippen molar-refractivity contribution >= 4 is 50.8 Å². The monoisotopic (exact) mass is 477 g/mol. The summed E-state index contributed by atoms with van der Waals surface area (Å²) < 4.78 is 6.39. The highest BCUT2D eigenvalue weighted by Crippen LogP contribution is 2.26. The van der Waals surface area contributed by atoms with Crippen LogP contribution >= 0.6 is 28.1 Å². The van der Waals surface area contributed by atoms with Crippen molar-refractivity contribution in [1.82, 2.24) is 10.6 Å². The molecule has 3 N–H and O–H groups in total. The second kappa shape index (κ2) is 10.9. The summed E-state index contributed by atoms with van der Waals surface area (Å²) >= 11 is 8.65. The number of thiocarbonyl (C=S) groups is 1. The molecule has 6 nitrogen and oxygen atoms in total. The molecule has 0 unspecified atom stereocenters. The first kappa shape index (κ1) is 22.8. The minimum Gasteiger partial charge on any atom is -0.492 e. The molecule has 0 aliphatic carbocycles. The lowest BCUT2D eigenvalue weighted by Crippen LogP contribution is -2.34. The number of benzene rings is 2. The molecule has 2 aromatic rings. The van der Waals surface area contributed by atoms with Crippen LogP contribution in [0.25, 0.3) is 0 Å². The molecule has 0 spiro atoms. The number of ether oxygens (including phenoxy) is 1. The van der Waals surface area contributed by atoms with E-state index in [2.05, 4.69) is 45.7 Å². The van der Waals surface area contributed by atoms with Crippen LogP contribution in [0, 0.1) is 5.92 Å². The summed E-state index contributed by atoms with van der Waals surface area (Å²) in [6.07, 6.45) is 0. The Labute approximate surface area is 184 Å². The fraction of sp³-hybridized carbons (Fsp3) is 0.286. The van der Waals surface area contributed by atoms with E-state index in [1.165, 1.54) is 0 Å². The van der Waals surface area contributed by atoms with E-state index in [0.29, 0.717) is 46.1 Å². The fourth-order valence-corrected chi connectivity index (χ4v) is 3.06. The average Bonchev–Trinajstić information content (AvgIpc) is 2.67. The maximum atomic E-state index is 12.5. The third kappa shape index (κ3) is 7.14. The average molecular weight is 478 g/mol. The minimum atomic E-state index is -0.349. The van der Waals surface area contributed by atoms with Crippen molar-refractivity contribution in [2.24, 2.45) is 5.92 Å². The summed E-state index contributed by atoms with van der Waals surface area (Å²) in [6, 6.07) is 12.0. The second-order valence-electron chi connectivity index (χ2n) is 6.70. The predicted molar refractivity (Wildman–Crippen MR) is 123 cm³/mol. The van der Waals surface area contributed by atoms with Gasteiger partial charge in [-0.25, -0.2) is 0 Å². The molecule has 154 valence electrons. The predicted octanol–water partition coefficient (Wildman–Crippen LogP) is 4.36. The number of rotatable bonds is 7. The maximum Gasteiger partial charge on any atom is 0.257 e. The number of hydrogen-bond donors (Lipinski definition) is 3. The van der Waals surface area contributed by atoms with Crippen molar-refractivity contribution in [1.29, 1.82) is 0 Å². The minimum absolute atomic E-state index is 0.138. The molecule has 2 aromatic carbocycles. The number of nitrogens with one attached hydrogen (secondary N) is 3. The van der Waals surface area contributed by atoms with Crippen LogP contribution in [-0.2, 0) is 0 Å². The molecule has 0 fully saturated rings. The molecule has 2 amide bonds. The smallest absolute Gasteiger partial charge is 0.257 e. The number of amides is 2. The molecule has 2 rings (SSSR count). The summed E-state index contributed by atoms with van der Waals surface area (Å²) in [4.78, 5) is 24.4. The Morgan fingerprint density at radius 2 is 1.83 bits per heavy atom. The normalized spacial score (nSPS) is 10.4. The van der Waals surface area contributed by atoms with Gasteiger partial charge in [0.15, 0.2) is 5.11 Å². The van der Waals surface area contributed by atoms with Crippen LogP contribution in [0.3, 0.4) is 0 Å². The molecule has 0 aliphatic rings. The van der Waals surface area contributed by atoms with Crippen LogP contribution in [0.1, 0.15) is 41.5 Å². The molecular formula is C21H24BrN3O3S. The molecule has 0 saturated carbocycles. The summed E-state index contributed by atoms with van der Waals surface area (Å²) in [7, 11) is 0. The van der Waals surface area contributed by atoms with E-state index in [-0.39, 0.29) is 16.9 Å². The molecule has 8 heteroatoms. The zero-order valence-electron chi connectivity index (χ0n) is 16.5. The van der Waals surface area contributed by atoms with Crippen LogP contribution in [0.2, 0.25) is 0 Å². The van der Waals surface area contributed by atoms with Gasteiger partial charge in [-0.2, -0.15) is 0 Å². The molecule has 0 saturated heterocycles. The summed E-state index contributed by atoms with van der Waals surface area (Å²) in [5.41, 5.74) is 1.55. The third-order valence-electron chi connectivity index (χ3n) is 3.71. The van der Waals surface area contributed by atoms with Gasteiger partial charge in [-0.05, 0) is 77.4 Å². The van der Waals surface area contributed by atoms with E-state index in [1.807, 2.05) is 6.92 Å². The highest BCUT2D eigenvalue weighted by atomic mass is 79.9. The lowest BCUT2D eigenvalue weighted by molar-refractivity contribution is 0.0953. The quantitative estimate of drug-likeness (QED) is 0.516. The highest BCUT2D eigenvalue weighted by molar-refractivity contribution is 9.10. The lowest BCUT2D eigenvalue weighted by Gasteiger charge is -2.13. The van der Waals surface area contributed by atoms with E-state index in [4.69, 9.17) is 17.0 Å². The zero-order valence-corrected chi connectivity index (χ0v) is 18.9. The van der Waals surface area contributed by atoms with E-state index >= 15 is 0 Å². The Balaban J connectivity index is 1.99. The van der Waals surface area contributed by atoms with Gasteiger partial charge in [0, 0.05) is 23.4 Å². The molecule has 0 aliphatic heterocycles. The Morgan fingerprint density at radius 3 is 2.48 bits per heavy atom. The lowest BCUT2D eigenvalue weighted by atomic mass is 10.2. The summed E-state index contributed by atoms with van der Waals surface area (Å²) in [6.45, 7) is 7.12. The Bertz CT molecular complexity index is 902. The van der Waals surface area contributed by atoms with Crippen LogP contribution in [0.15, 0.2) is 46.9 Å². The van der Waals surface area contributed by atoms with Crippen molar-refractivity contribution in [2.45, 2.75) is 20.8 Å². The first-order chi connectivity index (χ1) is 13.8. The van der Waals surface area contributed by atoms with Crippen LogP contribution < -0.4 is 20.7 Å². The van der Waals surface area contributed by atoms with Crippen LogP contribution in [0.5, 0.6) is 5.75 Å². The number of carbonyl (C=O) groups is 2. The molecular weight excluding hydrogens is 454 g/mol. The molecule has 0 heterocycles. The summed E-state index contributed by atoms with van der Waals surface area (Å²) in [5.74, 6) is 0.562. The van der Waals surface area contributed by atoms with Crippen molar-refractivity contribution in [3.63, 3.8) is 0 Å². The highest BCUT2D eigenvalue weighted by Gasteiger charge is 2.12. The Hall–Kier alpha value is -2.45. The number of anilines is 1. The van der Waals surface area contributed by atoms with Gasteiger partial charge in [0.25, 0.3) is 11.8 Å². The SMILES string of the molecule is CCNC(=O)c1cccc(NC(=S)NC(=O)c2ccc(OCC(C)C)c(Br)c2)c1. The standard InChI is InChI=1S/C21H24BrN3O3S/c1-4-23-19(26)14-6-5-7-16(10-14)24-21(29)25-20(27)15-8-9-18(17(22)11-15)28-12-13(2)3/h5-11,13H,4,12H2,1-3H3,(H,23,26)(H2,24,25,27,29). The first-order valence-corrected chi connectivity index (χ1v) is 10.4. The molecule has 0 atom stereocenters. The van der Waals surface area contributed by atoms with Gasteiger partial charge in [-0.15, -0.1) is 0 Å². The number of hydrogen-bond acceptors (Lipinski definition) is 4. The van der Waals surface area contributed by atoms with Crippen LogP contribution in [0.4, 0.5) is 5.69 Å². The third-order valence-corrected chi connectivity index (χ3v) is 4.54. The van der Waals surface area contributed by atoms with Crippen LogP contribution in [-0.4, -0.2) is 30.1 Å². The van der Waals surface area contributed by atoms with E-state index < -0.39 is 0 Å². The molecule has 29 heavy (non-hydrogen) atoms. The van der Waals surface area contributed by atoms with Gasteiger partial charge < -0.3 is 15.4 Å². The van der Waals surface area contributed by atoms with E-state index in [9.17, 15) is 9.59 Å². The molecule has 0 aromatic heterocycles. The molecule has 0 radical (unpaired) electrons. The number of carbonyl (C=O) groups excluding carboxylic acids is 2. The first-order valence-electron chi connectivity index (χ1n) is 9.23. The Kier molecular flexibility index (Phi) is 8.60. The van der Waals surface area contributed by atoms with Gasteiger partial charge in [-0.3, -0.25) is 14.9 Å². The topological polar surface area (TPSA) is 79.5 Å². The van der Waals surface area contributed by atoms with Gasteiger partial charge in [0.05, 0.1) is 11.1 Å². The largest absolute Gasteiger partial charge is 0.492 e. The van der Waals surface area contributed by atoms with Gasteiger partial charge in [-0.1, -0.05) is 19.9 Å². The Morgan fingerprint density at radius 1 is 1.10 bits per heavy atom. The van der Waals surface area contributed by atoms with Gasteiger partial charge >= 0.3 is 0 Å². The van der Waals surface area contributed by atoms with Gasteiger partial charge in [0.1, 0.15) is 5.75 Å². The fourth-order valence-electron chi connectivity index (χ4n) is 2.35. The second-order valence-corrected chi connectivity index (χ2v) is 7.96. The summed E-state index contributed by atoms with van der Waals surface area (Å²) in [5, 5.41) is 8.43. The van der Waals surface area contributed by atoms with Crippen molar-refractivity contribution in [3.05, 3.63) is 58.1 Å². The van der Waals surface area contributed by atoms with E-state index in [0.717, 1.165) is 0 Å². The van der Waals surface area contributed by atoms with E-state index in [1.54, 1.807) is 42.5 Å². The maximum absolute atomic E-state index is 12.5. The number of halogens is 1. The zero-order chi connectivity index (χ0) is 21.4. The van der Waals surface area contributed by atoms with Crippen molar-refractivity contribution < 1.29 is 14.3 Å². The van der Waals surface area contributed by atoms with Crippen molar-refractivity contribution in [2.75, 3.05) is 18.5 Å².